The van der Waals surface area contributed by atoms with Gasteiger partial charge in [0, 0.05) is 24.1 Å². The molecule has 1 aliphatic rings. The molecule has 148 valence electrons. The molecule has 2 heterocycles. The number of hydrogen-bond donors (Lipinski definition) is 1. The van der Waals surface area contributed by atoms with Crippen molar-refractivity contribution in [2.45, 2.75) is 13.3 Å². The maximum atomic E-state index is 12.6. The van der Waals surface area contributed by atoms with Crippen molar-refractivity contribution in [1.29, 1.82) is 0 Å². The van der Waals surface area contributed by atoms with Crippen LogP contribution in [0.4, 0.5) is 11.5 Å². The first-order chi connectivity index (χ1) is 14.0. The first-order valence-electron chi connectivity index (χ1n) is 9.16. The minimum atomic E-state index is -0.218. The Balaban J connectivity index is 1.47. The number of halogens is 1. The van der Waals surface area contributed by atoms with Crippen molar-refractivity contribution in [3.8, 4) is 11.4 Å². The van der Waals surface area contributed by atoms with Gasteiger partial charge in [-0.25, -0.2) is 4.68 Å². The molecule has 0 radical (unpaired) electrons. The fourth-order valence-corrected chi connectivity index (χ4v) is 3.40. The smallest absolute Gasteiger partial charge is 0.265 e. The zero-order valence-electron chi connectivity index (χ0n) is 15.8. The van der Waals surface area contributed by atoms with Gasteiger partial charge in [0.15, 0.2) is 6.61 Å². The minimum Gasteiger partial charge on any atom is -0.482 e. The number of nitrogens with zero attached hydrogens (tertiary/aromatic N) is 3. The summed E-state index contributed by atoms with van der Waals surface area (Å²) in [6, 6.07) is 16.3. The molecule has 0 saturated heterocycles. The maximum Gasteiger partial charge on any atom is 0.265 e. The van der Waals surface area contributed by atoms with E-state index in [4.69, 9.17) is 16.3 Å². The van der Waals surface area contributed by atoms with Gasteiger partial charge in [-0.2, -0.15) is 5.10 Å². The van der Waals surface area contributed by atoms with Crippen LogP contribution in [0, 0.1) is 6.92 Å². The first kappa shape index (κ1) is 19.0. The van der Waals surface area contributed by atoms with Crippen molar-refractivity contribution in [3.63, 3.8) is 0 Å². The number of ether oxygens (including phenoxy) is 1. The van der Waals surface area contributed by atoms with E-state index in [0.29, 0.717) is 22.3 Å². The molecule has 0 unspecified atom stereocenters. The molecule has 0 fully saturated rings. The van der Waals surface area contributed by atoms with Crippen LogP contribution in [-0.2, 0) is 9.59 Å². The van der Waals surface area contributed by atoms with Crippen LogP contribution in [0.2, 0.25) is 5.02 Å². The molecule has 2 aromatic carbocycles. The lowest BCUT2D eigenvalue weighted by Gasteiger charge is -2.29. The number of nitrogens with one attached hydrogen (secondary N) is 1. The summed E-state index contributed by atoms with van der Waals surface area (Å²) in [5, 5.41) is 7.89. The highest BCUT2D eigenvalue weighted by Gasteiger charge is 2.25. The lowest BCUT2D eigenvalue weighted by molar-refractivity contribution is -0.121. The molecule has 3 aromatic rings. The monoisotopic (exact) mass is 410 g/mol. The number of aryl methyl sites for hydroxylation is 1. The highest BCUT2D eigenvalue weighted by Crippen LogP contribution is 2.31. The van der Waals surface area contributed by atoms with E-state index in [9.17, 15) is 9.59 Å². The number of fused-ring (bicyclic) bond motifs is 1. The minimum absolute atomic E-state index is 0.0284. The van der Waals surface area contributed by atoms with E-state index in [-0.39, 0.29) is 31.4 Å². The largest absolute Gasteiger partial charge is 0.482 e. The molecular weight excluding hydrogens is 392 g/mol. The lowest BCUT2D eigenvalue weighted by atomic mass is 10.2. The first-order valence-corrected chi connectivity index (χ1v) is 9.54. The second-order valence-electron chi connectivity index (χ2n) is 6.66. The maximum absolute atomic E-state index is 12.6. The second-order valence-corrected chi connectivity index (χ2v) is 7.10. The zero-order valence-corrected chi connectivity index (χ0v) is 16.5. The SMILES string of the molecule is Cc1cc(NC(=O)CCN2C(=O)COc3ccccc32)n(-c2cccc(Cl)c2)n1. The van der Waals surface area contributed by atoms with E-state index in [0.717, 1.165) is 11.4 Å². The number of para-hydroxylation sites is 2. The molecule has 4 rings (SSSR count). The van der Waals surface area contributed by atoms with Crippen LogP contribution in [0.25, 0.3) is 5.69 Å². The van der Waals surface area contributed by atoms with Crippen LogP contribution < -0.4 is 15.0 Å². The average molecular weight is 411 g/mol. The summed E-state index contributed by atoms with van der Waals surface area (Å²) in [5.74, 6) is 0.798. The van der Waals surface area contributed by atoms with Gasteiger partial charge >= 0.3 is 0 Å². The number of benzene rings is 2. The summed E-state index contributed by atoms with van der Waals surface area (Å²) in [6.07, 6.45) is 0.139. The Morgan fingerprint density at radius 2 is 2.03 bits per heavy atom. The van der Waals surface area contributed by atoms with Gasteiger partial charge in [-0.05, 0) is 37.3 Å². The summed E-state index contributed by atoms with van der Waals surface area (Å²) in [6.45, 7) is 2.08. The molecule has 7 nitrogen and oxygen atoms in total. The van der Waals surface area contributed by atoms with Gasteiger partial charge in [-0.15, -0.1) is 0 Å². The lowest BCUT2D eigenvalue weighted by Crippen LogP contribution is -2.40. The van der Waals surface area contributed by atoms with Gasteiger partial charge in [0.2, 0.25) is 5.91 Å². The second kappa shape index (κ2) is 7.97. The zero-order chi connectivity index (χ0) is 20.4. The van der Waals surface area contributed by atoms with Crippen LogP contribution in [0.15, 0.2) is 54.6 Å². The van der Waals surface area contributed by atoms with Crippen molar-refractivity contribution in [2.24, 2.45) is 0 Å². The molecule has 0 saturated carbocycles. The molecule has 0 spiro atoms. The van der Waals surface area contributed by atoms with E-state index in [1.807, 2.05) is 37.3 Å². The molecule has 0 bridgehead atoms. The molecule has 1 aliphatic heterocycles. The predicted molar refractivity (Wildman–Crippen MR) is 111 cm³/mol. The number of hydrogen-bond acceptors (Lipinski definition) is 4. The van der Waals surface area contributed by atoms with Crippen LogP contribution in [0.5, 0.6) is 5.75 Å². The Kier molecular flexibility index (Phi) is 5.22. The third kappa shape index (κ3) is 4.09. The van der Waals surface area contributed by atoms with Gasteiger partial charge in [-0.1, -0.05) is 29.8 Å². The number of aromatic nitrogens is 2. The number of rotatable bonds is 5. The van der Waals surface area contributed by atoms with E-state index >= 15 is 0 Å². The average Bonchev–Trinajstić information content (AvgIpc) is 3.07. The van der Waals surface area contributed by atoms with Gasteiger partial charge < -0.3 is 15.0 Å². The van der Waals surface area contributed by atoms with E-state index in [1.54, 1.807) is 33.8 Å². The summed E-state index contributed by atoms with van der Waals surface area (Å²) in [7, 11) is 0. The van der Waals surface area contributed by atoms with Crippen LogP contribution in [0.3, 0.4) is 0 Å². The van der Waals surface area contributed by atoms with Crippen molar-refractivity contribution < 1.29 is 14.3 Å². The third-order valence-electron chi connectivity index (χ3n) is 4.52. The normalized spacial score (nSPS) is 13.0. The van der Waals surface area contributed by atoms with Crippen LogP contribution >= 0.6 is 11.6 Å². The molecule has 0 aliphatic carbocycles. The molecule has 1 aromatic heterocycles. The van der Waals surface area contributed by atoms with Crippen molar-refractivity contribution >= 4 is 34.9 Å². The topological polar surface area (TPSA) is 76.5 Å². The number of anilines is 2. The Morgan fingerprint density at radius 1 is 1.21 bits per heavy atom. The number of carbonyl (C=O) groups excluding carboxylic acids is 2. The fraction of sp³-hybridized carbons (Fsp3) is 0.190. The molecule has 0 atom stereocenters. The molecule has 29 heavy (non-hydrogen) atoms. The summed E-state index contributed by atoms with van der Waals surface area (Å²) in [5.41, 5.74) is 2.19. The van der Waals surface area contributed by atoms with E-state index < -0.39 is 0 Å². The van der Waals surface area contributed by atoms with E-state index in [2.05, 4.69) is 10.4 Å². The predicted octanol–water partition coefficient (Wildman–Crippen LogP) is 3.59. The molecule has 8 heteroatoms. The number of amides is 2. The quantitative estimate of drug-likeness (QED) is 0.697. The Hall–Kier alpha value is -3.32. The Bertz CT molecular complexity index is 1080. The Morgan fingerprint density at radius 3 is 2.86 bits per heavy atom. The van der Waals surface area contributed by atoms with Gasteiger partial charge in [0.05, 0.1) is 17.1 Å². The van der Waals surface area contributed by atoms with Crippen molar-refractivity contribution in [3.05, 3.63) is 65.3 Å². The Labute approximate surface area is 172 Å². The van der Waals surface area contributed by atoms with Crippen molar-refractivity contribution in [1.82, 2.24) is 9.78 Å². The standard InChI is InChI=1S/C21H19ClN4O3/c1-14-11-19(26(24-14)16-6-4-5-15(22)12-16)23-20(27)9-10-25-17-7-2-3-8-18(17)29-13-21(25)28/h2-8,11-12H,9-10,13H2,1H3,(H,23,27). The molecular formula is C21H19ClN4O3. The molecule has 2 amide bonds. The summed E-state index contributed by atoms with van der Waals surface area (Å²) in [4.78, 5) is 26.4. The summed E-state index contributed by atoms with van der Waals surface area (Å²) >= 11 is 6.07. The van der Waals surface area contributed by atoms with Gasteiger partial charge in [0.1, 0.15) is 11.6 Å². The summed E-state index contributed by atoms with van der Waals surface area (Å²) < 4.78 is 7.06. The highest BCUT2D eigenvalue weighted by atomic mass is 35.5. The van der Waals surface area contributed by atoms with Gasteiger partial charge in [-0.3, -0.25) is 9.59 Å². The van der Waals surface area contributed by atoms with Crippen LogP contribution in [0.1, 0.15) is 12.1 Å². The van der Waals surface area contributed by atoms with Crippen molar-refractivity contribution in [2.75, 3.05) is 23.4 Å². The number of carbonyl (C=O) groups is 2. The van der Waals surface area contributed by atoms with Crippen LogP contribution in [-0.4, -0.2) is 34.7 Å². The highest BCUT2D eigenvalue weighted by molar-refractivity contribution is 6.30. The third-order valence-corrected chi connectivity index (χ3v) is 4.76. The van der Waals surface area contributed by atoms with E-state index in [1.165, 1.54) is 0 Å². The molecule has 1 N–H and O–H groups in total. The van der Waals surface area contributed by atoms with Gasteiger partial charge in [0.25, 0.3) is 5.91 Å². The fourth-order valence-electron chi connectivity index (χ4n) is 3.21.